The first-order valence-electron chi connectivity index (χ1n) is 5.23. The van der Waals surface area contributed by atoms with Crippen molar-refractivity contribution in [3.8, 4) is 0 Å². The molecular formula is C11H14ClN3O. The second-order valence-corrected chi connectivity index (χ2v) is 3.92. The van der Waals surface area contributed by atoms with Crippen LogP contribution < -0.4 is 15.5 Å². The number of piperazine rings is 1. The van der Waals surface area contributed by atoms with Crippen molar-refractivity contribution in [2.75, 3.05) is 29.9 Å². The minimum absolute atomic E-state index is 0. The van der Waals surface area contributed by atoms with Crippen LogP contribution in [0.1, 0.15) is 0 Å². The standard InChI is InChI=1S/C11H13N3O.ClH/c15-11-10-7-12-5-6-14(10)9-4-2-1-3-8(9)13-11;/h1-4,10,12H,5-7H2,(H,13,15);1H. The van der Waals surface area contributed by atoms with E-state index >= 15 is 0 Å². The maximum absolute atomic E-state index is 11.8. The third-order valence-electron chi connectivity index (χ3n) is 3.02. The molecule has 16 heavy (non-hydrogen) atoms. The molecule has 0 aromatic heterocycles. The Bertz CT molecular complexity index is 410. The lowest BCUT2D eigenvalue weighted by atomic mass is 10.1. The van der Waals surface area contributed by atoms with Crippen LogP contribution in [0.25, 0.3) is 0 Å². The molecular weight excluding hydrogens is 226 g/mol. The second kappa shape index (κ2) is 4.31. The summed E-state index contributed by atoms with van der Waals surface area (Å²) in [7, 11) is 0. The number of para-hydroxylation sites is 2. The van der Waals surface area contributed by atoms with E-state index in [0.717, 1.165) is 31.0 Å². The third-order valence-corrected chi connectivity index (χ3v) is 3.02. The Kier molecular flexibility index (Phi) is 3.03. The van der Waals surface area contributed by atoms with Crippen LogP contribution in [0.5, 0.6) is 0 Å². The van der Waals surface area contributed by atoms with Gasteiger partial charge in [0.05, 0.1) is 11.4 Å². The van der Waals surface area contributed by atoms with Gasteiger partial charge in [0, 0.05) is 19.6 Å². The average molecular weight is 240 g/mol. The van der Waals surface area contributed by atoms with E-state index in [1.807, 2.05) is 18.2 Å². The zero-order valence-electron chi connectivity index (χ0n) is 8.77. The molecule has 0 radical (unpaired) electrons. The third kappa shape index (κ3) is 1.64. The molecule has 5 heteroatoms. The predicted octanol–water partition coefficient (Wildman–Crippen LogP) is 0.839. The number of nitrogens with one attached hydrogen (secondary N) is 2. The van der Waals surface area contributed by atoms with E-state index in [1.165, 1.54) is 0 Å². The molecule has 1 fully saturated rings. The van der Waals surface area contributed by atoms with Crippen molar-refractivity contribution >= 4 is 29.7 Å². The van der Waals surface area contributed by atoms with Crippen molar-refractivity contribution in [2.45, 2.75) is 6.04 Å². The zero-order valence-corrected chi connectivity index (χ0v) is 9.59. The van der Waals surface area contributed by atoms with Gasteiger partial charge in [0.15, 0.2) is 0 Å². The number of carbonyl (C=O) groups excluding carboxylic acids is 1. The van der Waals surface area contributed by atoms with E-state index in [1.54, 1.807) is 0 Å². The van der Waals surface area contributed by atoms with E-state index in [9.17, 15) is 4.79 Å². The zero-order chi connectivity index (χ0) is 10.3. The second-order valence-electron chi connectivity index (χ2n) is 3.92. The van der Waals surface area contributed by atoms with Crippen molar-refractivity contribution in [3.63, 3.8) is 0 Å². The van der Waals surface area contributed by atoms with Gasteiger partial charge in [-0.05, 0) is 12.1 Å². The number of carbonyl (C=O) groups is 1. The first-order chi connectivity index (χ1) is 7.36. The lowest BCUT2D eigenvalue weighted by Gasteiger charge is -2.41. The summed E-state index contributed by atoms with van der Waals surface area (Å²) in [5.41, 5.74) is 2.07. The van der Waals surface area contributed by atoms with Crippen molar-refractivity contribution in [1.29, 1.82) is 0 Å². The average Bonchev–Trinajstić information content (AvgIpc) is 2.30. The largest absolute Gasteiger partial charge is 0.356 e. The summed E-state index contributed by atoms with van der Waals surface area (Å²) >= 11 is 0. The number of anilines is 2. The lowest BCUT2D eigenvalue weighted by molar-refractivity contribution is -0.117. The molecule has 1 aromatic rings. The van der Waals surface area contributed by atoms with Gasteiger partial charge in [-0.2, -0.15) is 0 Å². The van der Waals surface area contributed by atoms with Crippen molar-refractivity contribution < 1.29 is 4.79 Å². The highest BCUT2D eigenvalue weighted by Crippen LogP contribution is 2.31. The van der Waals surface area contributed by atoms with Gasteiger partial charge < -0.3 is 15.5 Å². The van der Waals surface area contributed by atoms with Gasteiger partial charge in [0.2, 0.25) is 5.91 Å². The van der Waals surface area contributed by atoms with E-state index < -0.39 is 0 Å². The van der Waals surface area contributed by atoms with Gasteiger partial charge in [-0.3, -0.25) is 4.79 Å². The highest BCUT2D eigenvalue weighted by atomic mass is 35.5. The minimum atomic E-state index is -0.0475. The normalized spacial score (nSPS) is 22.6. The van der Waals surface area contributed by atoms with Gasteiger partial charge in [0.1, 0.15) is 6.04 Å². The number of rotatable bonds is 0. The van der Waals surface area contributed by atoms with Crippen LogP contribution in [0.3, 0.4) is 0 Å². The molecule has 1 saturated heterocycles. The molecule has 1 unspecified atom stereocenters. The van der Waals surface area contributed by atoms with Crippen LogP contribution in [-0.2, 0) is 4.79 Å². The lowest BCUT2D eigenvalue weighted by Crippen LogP contribution is -2.58. The monoisotopic (exact) mass is 239 g/mol. The summed E-state index contributed by atoms with van der Waals surface area (Å²) in [6.07, 6.45) is 0. The number of halogens is 1. The maximum Gasteiger partial charge on any atom is 0.248 e. The number of amides is 1. The SMILES string of the molecule is Cl.O=C1Nc2ccccc2N2CCNCC12. The molecule has 4 nitrogen and oxygen atoms in total. The summed E-state index contributed by atoms with van der Waals surface area (Å²) in [5.74, 6) is 0.0981. The Hall–Kier alpha value is -1.26. The highest BCUT2D eigenvalue weighted by molar-refractivity contribution is 6.03. The van der Waals surface area contributed by atoms with Gasteiger partial charge >= 0.3 is 0 Å². The number of hydrogen-bond donors (Lipinski definition) is 2. The van der Waals surface area contributed by atoms with Crippen LogP contribution in [0, 0.1) is 0 Å². The number of nitrogens with zero attached hydrogens (tertiary/aromatic N) is 1. The Morgan fingerprint density at radius 1 is 1.31 bits per heavy atom. The predicted molar refractivity (Wildman–Crippen MR) is 66.3 cm³/mol. The van der Waals surface area contributed by atoms with E-state index in [0.29, 0.717) is 0 Å². The Balaban J connectivity index is 0.000000963. The first kappa shape index (κ1) is 11.2. The maximum atomic E-state index is 11.8. The molecule has 2 N–H and O–H groups in total. The molecule has 2 heterocycles. The molecule has 0 saturated carbocycles. The molecule has 2 aliphatic heterocycles. The van der Waals surface area contributed by atoms with Crippen LogP contribution in [0.15, 0.2) is 24.3 Å². The fourth-order valence-electron chi connectivity index (χ4n) is 2.27. The number of hydrogen-bond acceptors (Lipinski definition) is 3. The fourth-order valence-corrected chi connectivity index (χ4v) is 2.27. The number of fused-ring (bicyclic) bond motifs is 3. The van der Waals surface area contributed by atoms with E-state index in [4.69, 9.17) is 0 Å². The van der Waals surface area contributed by atoms with E-state index in [2.05, 4.69) is 21.6 Å². The summed E-state index contributed by atoms with van der Waals surface area (Å²) in [5, 5.41) is 6.18. The van der Waals surface area contributed by atoms with Crippen LogP contribution in [0.4, 0.5) is 11.4 Å². The fraction of sp³-hybridized carbons (Fsp3) is 0.364. The first-order valence-corrected chi connectivity index (χ1v) is 5.23. The van der Waals surface area contributed by atoms with Crippen LogP contribution in [-0.4, -0.2) is 31.6 Å². The van der Waals surface area contributed by atoms with E-state index in [-0.39, 0.29) is 24.4 Å². The molecule has 1 atom stereocenters. The van der Waals surface area contributed by atoms with Gasteiger partial charge in [-0.15, -0.1) is 12.4 Å². The molecule has 0 aliphatic carbocycles. The van der Waals surface area contributed by atoms with Crippen molar-refractivity contribution in [2.24, 2.45) is 0 Å². The topological polar surface area (TPSA) is 44.4 Å². The molecule has 0 bridgehead atoms. The summed E-state index contributed by atoms with van der Waals surface area (Å²) in [6.45, 7) is 2.58. The summed E-state index contributed by atoms with van der Waals surface area (Å²) in [6, 6.07) is 7.92. The smallest absolute Gasteiger partial charge is 0.248 e. The van der Waals surface area contributed by atoms with Crippen molar-refractivity contribution in [1.82, 2.24) is 5.32 Å². The Morgan fingerprint density at radius 2 is 2.12 bits per heavy atom. The van der Waals surface area contributed by atoms with Crippen LogP contribution in [0.2, 0.25) is 0 Å². The van der Waals surface area contributed by atoms with Crippen molar-refractivity contribution in [3.05, 3.63) is 24.3 Å². The quantitative estimate of drug-likeness (QED) is 0.705. The van der Waals surface area contributed by atoms with Gasteiger partial charge in [0.25, 0.3) is 0 Å². The molecule has 1 amide bonds. The molecule has 0 spiro atoms. The highest BCUT2D eigenvalue weighted by Gasteiger charge is 2.33. The summed E-state index contributed by atoms with van der Waals surface area (Å²) < 4.78 is 0. The Labute approximate surface area is 100 Å². The number of benzene rings is 1. The molecule has 86 valence electrons. The van der Waals surface area contributed by atoms with Gasteiger partial charge in [-0.1, -0.05) is 12.1 Å². The van der Waals surface area contributed by atoms with Gasteiger partial charge in [-0.25, -0.2) is 0 Å². The Morgan fingerprint density at radius 3 is 3.00 bits per heavy atom. The molecule has 1 aromatic carbocycles. The minimum Gasteiger partial charge on any atom is -0.356 e. The van der Waals surface area contributed by atoms with Crippen LogP contribution >= 0.6 is 12.4 Å². The molecule has 2 aliphatic rings. The summed E-state index contributed by atoms with van der Waals surface area (Å²) in [4.78, 5) is 14.0. The molecule has 3 rings (SSSR count).